The molecule has 0 aliphatic rings. The van der Waals surface area contributed by atoms with Crippen LogP contribution in [-0.2, 0) is 19.1 Å². The van der Waals surface area contributed by atoms with Crippen LogP contribution in [-0.4, -0.2) is 26.2 Å². The summed E-state index contributed by atoms with van der Waals surface area (Å²) in [5.41, 5.74) is 7.58. The van der Waals surface area contributed by atoms with Crippen molar-refractivity contribution in [3.63, 3.8) is 0 Å². The Labute approximate surface area is 73.6 Å². The van der Waals surface area contributed by atoms with Crippen LogP contribution < -0.4 is 0 Å². The lowest BCUT2D eigenvalue weighted by molar-refractivity contribution is -0.138. The summed E-state index contributed by atoms with van der Waals surface area (Å²) in [5.74, 6) is -1.70. The largest absolute Gasteiger partial charge is 0.466 e. The van der Waals surface area contributed by atoms with Gasteiger partial charge in [-0.1, -0.05) is 5.11 Å². The maximum Gasteiger partial charge on any atom is 0.340 e. The van der Waals surface area contributed by atoms with Crippen molar-refractivity contribution in [1.29, 1.82) is 0 Å². The first-order valence-corrected chi connectivity index (χ1v) is 3.08. The summed E-state index contributed by atoms with van der Waals surface area (Å²) in [5, 5.41) is 2.95. The van der Waals surface area contributed by atoms with Crippen LogP contribution in [0.4, 0.5) is 0 Å². The number of methoxy groups -OCH3 is 2. The van der Waals surface area contributed by atoms with Crippen LogP contribution in [0.15, 0.2) is 16.9 Å². The molecule has 7 nitrogen and oxygen atoms in total. The number of hydrogen-bond donors (Lipinski definition) is 0. The second kappa shape index (κ2) is 5.62. The minimum Gasteiger partial charge on any atom is -0.466 e. The fraction of sp³-hybridized carbons (Fsp3) is 0.333. The van der Waals surface area contributed by atoms with Crippen LogP contribution in [0.1, 0.15) is 0 Å². The predicted octanol–water partition coefficient (Wildman–Crippen LogP) is 0.527. The highest BCUT2D eigenvalue weighted by molar-refractivity contribution is 5.95. The van der Waals surface area contributed by atoms with Gasteiger partial charge < -0.3 is 9.47 Å². The fourth-order valence-corrected chi connectivity index (χ4v) is 0.452. The highest BCUT2D eigenvalue weighted by Crippen LogP contribution is 2.00. The lowest BCUT2D eigenvalue weighted by Gasteiger charge is -1.96. The molecule has 0 amide bonds. The number of hydrogen-bond acceptors (Lipinski definition) is 5. The molecule has 0 heterocycles. The lowest BCUT2D eigenvalue weighted by Crippen LogP contribution is -2.06. The molecule has 70 valence electrons. The number of rotatable bonds is 3. The molecule has 0 aromatic heterocycles. The Balaban J connectivity index is 4.79. The van der Waals surface area contributed by atoms with E-state index in [1.807, 2.05) is 0 Å². The van der Waals surface area contributed by atoms with E-state index in [2.05, 4.69) is 19.5 Å². The van der Waals surface area contributed by atoms with E-state index < -0.39 is 17.6 Å². The molecule has 7 heteroatoms. The SMILES string of the molecule is COC(=O)/C=C(\N=[N+]=[N-])C(=O)OC. The van der Waals surface area contributed by atoms with Crippen molar-refractivity contribution in [3.8, 4) is 0 Å². The van der Waals surface area contributed by atoms with Gasteiger partial charge in [0.05, 0.1) is 14.2 Å². The molecule has 0 saturated heterocycles. The van der Waals surface area contributed by atoms with Gasteiger partial charge in [-0.05, 0) is 5.53 Å². The van der Waals surface area contributed by atoms with E-state index in [0.717, 1.165) is 20.3 Å². The summed E-state index contributed by atoms with van der Waals surface area (Å²) < 4.78 is 8.45. The summed E-state index contributed by atoms with van der Waals surface area (Å²) in [6.07, 6.45) is 0.742. The molecule has 0 aromatic rings. The Kier molecular flexibility index (Phi) is 4.75. The third-order valence-corrected chi connectivity index (χ3v) is 1.00. The third kappa shape index (κ3) is 3.78. The van der Waals surface area contributed by atoms with Gasteiger partial charge in [0.15, 0.2) is 0 Å². The minimum atomic E-state index is -0.900. The predicted molar refractivity (Wildman–Crippen MR) is 41.3 cm³/mol. The first kappa shape index (κ1) is 11.0. The van der Waals surface area contributed by atoms with E-state index in [-0.39, 0.29) is 0 Å². The molecule has 0 N–H and O–H groups in total. The minimum absolute atomic E-state index is 0.447. The average molecular weight is 185 g/mol. The summed E-state index contributed by atoms with van der Waals surface area (Å²) in [7, 11) is 2.23. The molecule has 0 unspecified atom stereocenters. The standard InChI is InChI=1S/C6H7N3O4/c1-12-5(10)3-4(8-9-7)6(11)13-2/h3H,1-2H3/b4-3-. The molecule has 0 bridgehead atoms. The molecule has 0 atom stereocenters. The van der Waals surface area contributed by atoms with Crippen LogP contribution >= 0.6 is 0 Å². The van der Waals surface area contributed by atoms with Gasteiger partial charge in [-0.25, -0.2) is 9.59 Å². The number of carbonyl (C=O) groups is 2. The van der Waals surface area contributed by atoms with Crippen LogP contribution in [0, 0.1) is 0 Å². The monoisotopic (exact) mass is 185 g/mol. The molecule has 0 aromatic carbocycles. The van der Waals surface area contributed by atoms with Crippen LogP contribution in [0.5, 0.6) is 0 Å². The van der Waals surface area contributed by atoms with E-state index in [1.54, 1.807) is 0 Å². The zero-order valence-electron chi connectivity index (χ0n) is 7.05. The molecular weight excluding hydrogens is 178 g/mol. The Morgan fingerprint density at radius 2 is 2.00 bits per heavy atom. The summed E-state index contributed by atoms with van der Waals surface area (Å²) in [4.78, 5) is 23.8. The van der Waals surface area contributed by atoms with Gasteiger partial charge in [0, 0.05) is 11.0 Å². The molecule has 0 aliphatic heterocycles. The Hall–Kier alpha value is -2.01. The number of nitrogens with zero attached hydrogens (tertiary/aromatic N) is 3. The number of azide groups is 1. The molecule has 0 saturated carbocycles. The van der Waals surface area contributed by atoms with Gasteiger partial charge in [0.1, 0.15) is 5.70 Å². The van der Waals surface area contributed by atoms with Crippen LogP contribution in [0.3, 0.4) is 0 Å². The average Bonchev–Trinajstić information content (AvgIpc) is 2.15. The topological polar surface area (TPSA) is 101 Å². The molecule has 13 heavy (non-hydrogen) atoms. The van der Waals surface area contributed by atoms with Crippen LogP contribution in [0.25, 0.3) is 10.4 Å². The Morgan fingerprint density at radius 1 is 1.38 bits per heavy atom. The van der Waals surface area contributed by atoms with Crippen molar-refractivity contribution in [3.05, 3.63) is 22.2 Å². The van der Waals surface area contributed by atoms with Gasteiger partial charge in [-0.15, -0.1) is 0 Å². The third-order valence-electron chi connectivity index (χ3n) is 1.00. The van der Waals surface area contributed by atoms with E-state index in [4.69, 9.17) is 5.53 Å². The first-order valence-electron chi connectivity index (χ1n) is 3.08. The second-order valence-electron chi connectivity index (χ2n) is 1.73. The number of ether oxygens (including phenoxy) is 2. The molecule has 0 rings (SSSR count). The van der Waals surface area contributed by atoms with Crippen LogP contribution in [0.2, 0.25) is 0 Å². The van der Waals surface area contributed by atoms with Gasteiger partial charge in [0.25, 0.3) is 0 Å². The maximum atomic E-state index is 10.8. The fourth-order valence-electron chi connectivity index (χ4n) is 0.452. The van der Waals surface area contributed by atoms with Crippen molar-refractivity contribution >= 4 is 11.9 Å². The van der Waals surface area contributed by atoms with Crippen molar-refractivity contribution < 1.29 is 19.1 Å². The second-order valence-corrected chi connectivity index (χ2v) is 1.73. The van der Waals surface area contributed by atoms with E-state index >= 15 is 0 Å². The summed E-state index contributed by atoms with van der Waals surface area (Å²) >= 11 is 0. The van der Waals surface area contributed by atoms with Gasteiger partial charge in [-0.3, -0.25) is 0 Å². The molecule has 0 aliphatic carbocycles. The zero-order valence-corrected chi connectivity index (χ0v) is 7.05. The quantitative estimate of drug-likeness (QED) is 0.210. The number of carbonyl (C=O) groups excluding carboxylic acids is 2. The van der Waals surface area contributed by atoms with Crippen molar-refractivity contribution in [2.75, 3.05) is 14.2 Å². The van der Waals surface area contributed by atoms with E-state index in [9.17, 15) is 9.59 Å². The van der Waals surface area contributed by atoms with Gasteiger partial charge in [-0.2, -0.15) is 0 Å². The molecular formula is C6H7N3O4. The smallest absolute Gasteiger partial charge is 0.340 e. The zero-order chi connectivity index (χ0) is 10.3. The maximum absolute atomic E-state index is 10.8. The summed E-state index contributed by atoms with van der Waals surface area (Å²) in [6, 6.07) is 0. The highest BCUT2D eigenvalue weighted by Gasteiger charge is 2.09. The number of esters is 2. The van der Waals surface area contributed by atoms with E-state index in [0.29, 0.717) is 0 Å². The van der Waals surface area contributed by atoms with E-state index in [1.165, 1.54) is 0 Å². The normalized spacial score (nSPS) is 9.85. The summed E-state index contributed by atoms with van der Waals surface area (Å²) in [6.45, 7) is 0. The molecule has 0 fully saturated rings. The highest BCUT2D eigenvalue weighted by atomic mass is 16.5. The van der Waals surface area contributed by atoms with Crippen molar-refractivity contribution in [2.45, 2.75) is 0 Å². The Morgan fingerprint density at radius 3 is 2.38 bits per heavy atom. The van der Waals surface area contributed by atoms with Crippen molar-refractivity contribution in [2.24, 2.45) is 5.11 Å². The van der Waals surface area contributed by atoms with Gasteiger partial charge in [0.2, 0.25) is 0 Å². The van der Waals surface area contributed by atoms with Crippen molar-refractivity contribution in [1.82, 2.24) is 0 Å². The van der Waals surface area contributed by atoms with Gasteiger partial charge >= 0.3 is 11.9 Å². The first-order chi connectivity index (χ1) is 6.15. The lowest BCUT2D eigenvalue weighted by atomic mass is 10.4. The molecule has 0 spiro atoms. The molecule has 0 radical (unpaired) electrons. The Bertz CT molecular complexity index is 290.